The molecular weight excluding hydrogens is 323 g/mol. The zero-order chi connectivity index (χ0) is 14.8. The summed E-state index contributed by atoms with van der Waals surface area (Å²) in [5, 5.41) is 3.81. The van der Waals surface area contributed by atoms with Gasteiger partial charge in [-0.1, -0.05) is 59.3 Å². The number of aromatic nitrogens is 1. The van der Waals surface area contributed by atoms with Crippen LogP contribution in [0.15, 0.2) is 42.5 Å². The van der Waals surface area contributed by atoms with E-state index in [2.05, 4.69) is 53.2 Å². The Hall–Kier alpha value is -1.29. The number of rotatable bonds is 4. The molecule has 0 aliphatic rings. The molecule has 5 heteroatoms. The standard InChI is InChI=1S/C16H14Cl2N2S/c1-2-20(16-19-15(18)14(10-17)21-16)13-9-5-7-11-6-3-4-8-12(11)13/h3-9H,2,10H2,1H3. The molecule has 108 valence electrons. The zero-order valence-electron chi connectivity index (χ0n) is 11.5. The molecule has 2 nitrogen and oxygen atoms in total. The number of nitrogens with zero attached hydrogens (tertiary/aromatic N) is 2. The summed E-state index contributed by atoms with van der Waals surface area (Å²) in [6.45, 7) is 2.93. The van der Waals surface area contributed by atoms with Gasteiger partial charge in [0.15, 0.2) is 5.13 Å². The Labute approximate surface area is 137 Å². The van der Waals surface area contributed by atoms with Gasteiger partial charge in [-0.05, 0) is 18.4 Å². The van der Waals surface area contributed by atoms with E-state index in [1.807, 2.05) is 6.07 Å². The molecule has 0 spiro atoms. The summed E-state index contributed by atoms with van der Waals surface area (Å²) in [4.78, 5) is 7.55. The van der Waals surface area contributed by atoms with Gasteiger partial charge in [0.05, 0.1) is 16.4 Å². The molecule has 0 atom stereocenters. The number of hydrogen-bond acceptors (Lipinski definition) is 3. The lowest BCUT2D eigenvalue weighted by atomic mass is 10.1. The highest BCUT2D eigenvalue weighted by Gasteiger charge is 2.16. The minimum atomic E-state index is 0.392. The summed E-state index contributed by atoms with van der Waals surface area (Å²) in [6, 6.07) is 14.6. The van der Waals surface area contributed by atoms with Crippen molar-refractivity contribution < 1.29 is 0 Å². The molecule has 0 fully saturated rings. The summed E-state index contributed by atoms with van der Waals surface area (Å²) in [5.74, 6) is 0.392. The van der Waals surface area contributed by atoms with Crippen molar-refractivity contribution in [1.29, 1.82) is 0 Å². The smallest absolute Gasteiger partial charge is 0.191 e. The van der Waals surface area contributed by atoms with Crippen LogP contribution in [0.1, 0.15) is 11.8 Å². The minimum Gasteiger partial charge on any atom is -0.317 e. The number of anilines is 2. The average molecular weight is 337 g/mol. The second kappa shape index (κ2) is 6.22. The van der Waals surface area contributed by atoms with E-state index in [-0.39, 0.29) is 0 Å². The molecule has 1 heterocycles. The Morgan fingerprint density at radius 2 is 1.90 bits per heavy atom. The van der Waals surface area contributed by atoms with Crippen molar-refractivity contribution >= 4 is 56.1 Å². The van der Waals surface area contributed by atoms with Gasteiger partial charge in [0.2, 0.25) is 0 Å². The van der Waals surface area contributed by atoms with Crippen LogP contribution in [0.5, 0.6) is 0 Å². The predicted octanol–water partition coefficient (Wildman–Crippen LogP) is 5.85. The lowest BCUT2D eigenvalue weighted by Gasteiger charge is -2.21. The van der Waals surface area contributed by atoms with Crippen molar-refractivity contribution in [2.24, 2.45) is 0 Å². The van der Waals surface area contributed by atoms with Crippen molar-refractivity contribution in [2.45, 2.75) is 12.8 Å². The van der Waals surface area contributed by atoms with Crippen LogP contribution in [-0.2, 0) is 5.88 Å². The molecule has 0 N–H and O–H groups in total. The normalized spacial score (nSPS) is 11.0. The highest BCUT2D eigenvalue weighted by Crippen LogP contribution is 2.37. The third kappa shape index (κ3) is 2.73. The zero-order valence-corrected chi connectivity index (χ0v) is 13.8. The van der Waals surface area contributed by atoms with Gasteiger partial charge in [-0.2, -0.15) is 0 Å². The van der Waals surface area contributed by atoms with Gasteiger partial charge in [0, 0.05) is 11.9 Å². The van der Waals surface area contributed by atoms with E-state index >= 15 is 0 Å². The Morgan fingerprint density at radius 1 is 1.14 bits per heavy atom. The Morgan fingerprint density at radius 3 is 2.62 bits per heavy atom. The minimum absolute atomic E-state index is 0.392. The number of hydrogen-bond donors (Lipinski definition) is 0. The molecule has 0 aliphatic heterocycles. The summed E-state index contributed by atoms with van der Waals surface area (Å²) in [6.07, 6.45) is 0. The molecule has 0 saturated heterocycles. The number of alkyl halides is 1. The maximum absolute atomic E-state index is 6.14. The fraction of sp³-hybridized carbons (Fsp3) is 0.188. The number of halogens is 2. The van der Waals surface area contributed by atoms with E-state index in [1.165, 1.54) is 10.8 Å². The Bertz CT molecular complexity index is 765. The van der Waals surface area contributed by atoms with Gasteiger partial charge in [0.1, 0.15) is 5.15 Å². The average Bonchev–Trinajstić information content (AvgIpc) is 2.89. The molecule has 0 saturated carbocycles. The van der Waals surface area contributed by atoms with Crippen LogP contribution in [0, 0.1) is 0 Å². The van der Waals surface area contributed by atoms with Crippen LogP contribution >= 0.6 is 34.5 Å². The van der Waals surface area contributed by atoms with Crippen LogP contribution in [0.3, 0.4) is 0 Å². The summed E-state index contributed by atoms with van der Waals surface area (Å²) < 4.78 is 0. The van der Waals surface area contributed by atoms with Gasteiger partial charge in [-0.25, -0.2) is 4.98 Å². The van der Waals surface area contributed by atoms with E-state index in [4.69, 9.17) is 23.2 Å². The Kier molecular flexibility index (Phi) is 4.34. The number of fused-ring (bicyclic) bond motifs is 1. The van der Waals surface area contributed by atoms with Crippen LogP contribution in [0.25, 0.3) is 10.8 Å². The third-order valence-corrected chi connectivity index (χ3v) is 5.29. The fourth-order valence-corrected chi connectivity index (χ4v) is 3.92. The number of thiazole rings is 1. The van der Waals surface area contributed by atoms with E-state index in [9.17, 15) is 0 Å². The molecule has 0 unspecified atom stereocenters. The number of benzene rings is 2. The van der Waals surface area contributed by atoms with Crippen molar-refractivity contribution in [3.05, 3.63) is 52.5 Å². The maximum Gasteiger partial charge on any atom is 0.191 e. The van der Waals surface area contributed by atoms with E-state index in [1.54, 1.807) is 11.3 Å². The van der Waals surface area contributed by atoms with Crippen LogP contribution in [-0.4, -0.2) is 11.5 Å². The van der Waals surface area contributed by atoms with Gasteiger partial charge >= 0.3 is 0 Å². The van der Waals surface area contributed by atoms with Crippen LogP contribution in [0.2, 0.25) is 5.15 Å². The first-order valence-electron chi connectivity index (χ1n) is 6.71. The summed E-state index contributed by atoms with van der Waals surface area (Å²) in [5.41, 5.74) is 1.14. The van der Waals surface area contributed by atoms with Gasteiger partial charge < -0.3 is 4.90 Å². The largest absolute Gasteiger partial charge is 0.317 e. The summed E-state index contributed by atoms with van der Waals surface area (Å²) in [7, 11) is 0. The highest BCUT2D eigenvalue weighted by atomic mass is 35.5. The van der Waals surface area contributed by atoms with Crippen LogP contribution < -0.4 is 4.90 Å². The first-order valence-corrected chi connectivity index (χ1v) is 8.44. The van der Waals surface area contributed by atoms with Gasteiger partial charge in [0.25, 0.3) is 0 Å². The van der Waals surface area contributed by atoms with Crippen LogP contribution in [0.4, 0.5) is 10.8 Å². The van der Waals surface area contributed by atoms with Crippen molar-refractivity contribution in [2.75, 3.05) is 11.4 Å². The van der Waals surface area contributed by atoms with Crippen molar-refractivity contribution in [1.82, 2.24) is 4.98 Å². The maximum atomic E-state index is 6.14. The predicted molar refractivity (Wildman–Crippen MR) is 93.3 cm³/mol. The van der Waals surface area contributed by atoms with E-state index in [0.717, 1.165) is 22.2 Å². The second-order valence-electron chi connectivity index (χ2n) is 4.59. The molecule has 0 amide bonds. The van der Waals surface area contributed by atoms with E-state index < -0.39 is 0 Å². The van der Waals surface area contributed by atoms with Crippen molar-refractivity contribution in [3.63, 3.8) is 0 Å². The quantitative estimate of drug-likeness (QED) is 0.556. The molecule has 3 rings (SSSR count). The Balaban J connectivity index is 2.13. The van der Waals surface area contributed by atoms with Gasteiger partial charge in [-0.3, -0.25) is 0 Å². The fourth-order valence-electron chi connectivity index (χ4n) is 2.37. The SMILES string of the molecule is CCN(c1nc(Cl)c(CCl)s1)c1cccc2ccccc12. The lowest BCUT2D eigenvalue weighted by molar-refractivity contribution is 1.02. The molecule has 2 aromatic carbocycles. The molecule has 3 aromatic rings. The third-order valence-electron chi connectivity index (χ3n) is 3.36. The first-order chi connectivity index (χ1) is 10.2. The molecular formula is C16H14Cl2N2S. The molecule has 0 bridgehead atoms. The second-order valence-corrected chi connectivity index (χ2v) is 6.27. The highest BCUT2D eigenvalue weighted by molar-refractivity contribution is 7.16. The summed E-state index contributed by atoms with van der Waals surface area (Å²) >= 11 is 13.6. The molecule has 0 aliphatic carbocycles. The molecule has 0 radical (unpaired) electrons. The first kappa shape index (κ1) is 14.6. The van der Waals surface area contributed by atoms with Crippen molar-refractivity contribution in [3.8, 4) is 0 Å². The monoisotopic (exact) mass is 336 g/mol. The van der Waals surface area contributed by atoms with E-state index in [0.29, 0.717) is 11.0 Å². The van der Waals surface area contributed by atoms with Gasteiger partial charge in [-0.15, -0.1) is 11.6 Å². The molecule has 21 heavy (non-hydrogen) atoms. The lowest BCUT2D eigenvalue weighted by Crippen LogP contribution is -2.16. The topological polar surface area (TPSA) is 16.1 Å². The molecule has 1 aromatic heterocycles.